The van der Waals surface area contributed by atoms with Crippen LogP contribution in [0.3, 0.4) is 0 Å². The van der Waals surface area contributed by atoms with Gasteiger partial charge in [0.15, 0.2) is 5.96 Å². The van der Waals surface area contributed by atoms with Crippen LogP contribution in [-0.4, -0.2) is 42.6 Å². The van der Waals surface area contributed by atoms with Crippen LogP contribution in [0.25, 0.3) is 0 Å². The Hall–Kier alpha value is -0.770. The highest BCUT2D eigenvalue weighted by atomic mass is 15.2. The Kier molecular flexibility index (Phi) is 6.32. The zero-order valence-corrected chi connectivity index (χ0v) is 10.8. The third-order valence-electron chi connectivity index (χ3n) is 2.10. The van der Waals surface area contributed by atoms with Crippen molar-refractivity contribution in [1.82, 2.24) is 10.2 Å². The number of guanidine groups is 1. The summed E-state index contributed by atoms with van der Waals surface area (Å²) in [4.78, 5) is 6.61. The molecule has 0 spiro atoms. The predicted molar refractivity (Wildman–Crippen MR) is 67.2 cm³/mol. The van der Waals surface area contributed by atoms with Crippen LogP contribution in [0.4, 0.5) is 0 Å². The minimum absolute atomic E-state index is 0.0111. The summed E-state index contributed by atoms with van der Waals surface area (Å²) in [5, 5.41) is 3.14. The maximum Gasteiger partial charge on any atom is 0.189 e. The molecule has 0 aromatic carbocycles. The van der Waals surface area contributed by atoms with Gasteiger partial charge in [0.25, 0.3) is 0 Å². The first-order valence-corrected chi connectivity index (χ1v) is 5.69. The topological polar surface area (TPSA) is 53.6 Å². The Balaban J connectivity index is 3.85. The van der Waals surface area contributed by atoms with Gasteiger partial charge in [-0.2, -0.15) is 0 Å². The quantitative estimate of drug-likeness (QED) is 0.531. The van der Waals surface area contributed by atoms with E-state index >= 15 is 0 Å². The summed E-state index contributed by atoms with van der Waals surface area (Å²) in [5.74, 6) is 0.537. The van der Waals surface area contributed by atoms with Crippen molar-refractivity contribution in [2.75, 3.05) is 26.2 Å². The molecule has 0 amide bonds. The Morgan fingerprint density at radius 2 is 1.80 bits per heavy atom. The molecule has 15 heavy (non-hydrogen) atoms. The van der Waals surface area contributed by atoms with Crippen LogP contribution in [0.2, 0.25) is 0 Å². The van der Waals surface area contributed by atoms with Gasteiger partial charge in [-0.1, -0.05) is 13.8 Å². The molecule has 3 N–H and O–H groups in total. The molecule has 4 heteroatoms. The summed E-state index contributed by atoms with van der Waals surface area (Å²) in [5.41, 5.74) is 5.74. The third-order valence-corrected chi connectivity index (χ3v) is 2.10. The highest BCUT2D eigenvalue weighted by Gasteiger charge is 2.09. The molecule has 0 heterocycles. The van der Waals surface area contributed by atoms with Gasteiger partial charge in [-0.15, -0.1) is 0 Å². The van der Waals surface area contributed by atoms with Crippen molar-refractivity contribution in [2.45, 2.75) is 40.2 Å². The second-order valence-corrected chi connectivity index (χ2v) is 4.67. The molecule has 90 valence electrons. The summed E-state index contributed by atoms with van der Waals surface area (Å²) in [6.45, 7) is 14.4. The fourth-order valence-corrected chi connectivity index (χ4v) is 1.28. The molecule has 0 unspecified atom stereocenters. The van der Waals surface area contributed by atoms with Gasteiger partial charge >= 0.3 is 0 Å². The van der Waals surface area contributed by atoms with Crippen LogP contribution >= 0.6 is 0 Å². The number of nitrogens with two attached hydrogens (primary N) is 1. The van der Waals surface area contributed by atoms with Gasteiger partial charge in [0.05, 0.1) is 6.54 Å². The van der Waals surface area contributed by atoms with Crippen molar-refractivity contribution >= 4 is 5.96 Å². The average Bonchev–Trinajstić information content (AvgIpc) is 2.09. The lowest BCUT2D eigenvalue weighted by Crippen LogP contribution is -2.45. The molecular weight excluding hydrogens is 188 g/mol. The van der Waals surface area contributed by atoms with Crippen molar-refractivity contribution < 1.29 is 0 Å². The smallest absolute Gasteiger partial charge is 0.189 e. The molecule has 0 aliphatic carbocycles. The number of rotatable bonds is 5. The Morgan fingerprint density at radius 1 is 1.27 bits per heavy atom. The van der Waals surface area contributed by atoms with Crippen LogP contribution in [0.1, 0.15) is 34.6 Å². The lowest BCUT2D eigenvalue weighted by Gasteiger charge is -2.21. The number of nitrogens with one attached hydrogen (secondary N) is 1. The number of hydrogen-bond donors (Lipinski definition) is 2. The average molecular weight is 214 g/mol. The largest absolute Gasteiger partial charge is 0.370 e. The van der Waals surface area contributed by atoms with Crippen molar-refractivity contribution in [1.29, 1.82) is 0 Å². The first-order chi connectivity index (χ1) is 6.89. The monoisotopic (exact) mass is 214 g/mol. The number of aliphatic imine (C=N–C) groups is 1. The fraction of sp³-hybridized carbons (Fsp3) is 0.909. The standard InChI is InChI=1S/C11H26N4/c1-6-15(7-2)9-8-13-10(12)14-11(3,4)5/h6-9H2,1-5H3,(H3,12,13,14). The number of hydrogen-bond acceptors (Lipinski definition) is 2. The highest BCUT2D eigenvalue weighted by Crippen LogP contribution is 1.96. The van der Waals surface area contributed by atoms with Crippen LogP contribution in [0.5, 0.6) is 0 Å². The lowest BCUT2D eigenvalue weighted by atomic mass is 10.1. The zero-order valence-electron chi connectivity index (χ0n) is 10.8. The Morgan fingerprint density at radius 3 is 2.20 bits per heavy atom. The second kappa shape index (κ2) is 6.67. The van der Waals surface area contributed by atoms with E-state index in [1.54, 1.807) is 0 Å². The summed E-state index contributed by atoms with van der Waals surface area (Å²) < 4.78 is 0. The third kappa shape index (κ3) is 8.24. The van der Waals surface area contributed by atoms with E-state index in [1.165, 1.54) is 0 Å². The fourth-order valence-electron chi connectivity index (χ4n) is 1.28. The van der Waals surface area contributed by atoms with E-state index in [-0.39, 0.29) is 5.54 Å². The van der Waals surface area contributed by atoms with E-state index in [9.17, 15) is 0 Å². The van der Waals surface area contributed by atoms with Crippen LogP contribution in [-0.2, 0) is 0 Å². The van der Waals surface area contributed by atoms with E-state index in [2.05, 4.69) is 49.8 Å². The summed E-state index contributed by atoms with van der Waals surface area (Å²) >= 11 is 0. The van der Waals surface area contributed by atoms with E-state index in [0.29, 0.717) is 5.96 Å². The molecule has 0 aliphatic rings. The van der Waals surface area contributed by atoms with Gasteiger partial charge < -0.3 is 16.0 Å². The first-order valence-electron chi connectivity index (χ1n) is 5.69. The SMILES string of the molecule is CCN(CC)CCN=C(N)NC(C)(C)C. The van der Waals surface area contributed by atoms with Gasteiger partial charge in [0.1, 0.15) is 0 Å². The second-order valence-electron chi connectivity index (χ2n) is 4.67. The highest BCUT2D eigenvalue weighted by molar-refractivity contribution is 5.78. The van der Waals surface area contributed by atoms with Gasteiger partial charge in [0.2, 0.25) is 0 Å². The maximum atomic E-state index is 5.75. The van der Waals surface area contributed by atoms with E-state index in [0.717, 1.165) is 26.2 Å². The van der Waals surface area contributed by atoms with Gasteiger partial charge in [-0.3, -0.25) is 4.99 Å². The van der Waals surface area contributed by atoms with Crippen molar-refractivity contribution in [3.8, 4) is 0 Å². The minimum atomic E-state index is -0.0111. The number of likely N-dealkylation sites (N-methyl/N-ethyl adjacent to an activating group) is 1. The minimum Gasteiger partial charge on any atom is -0.370 e. The predicted octanol–water partition coefficient (Wildman–Crippen LogP) is 1.03. The molecule has 0 aromatic rings. The summed E-state index contributed by atoms with van der Waals surface area (Å²) in [7, 11) is 0. The normalized spacial score (nSPS) is 13.3. The van der Waals surface area contributed by atoms with Crippen molar-refractivity contribution in [3.05, 3.63) is 0 Å². The zero-order chi connectivity index (χ0) is 11.9. The molecule has 0 saturated heterocycles. The van der Waals surface area contributed by atoms with Crippen molar-refractivity contribution in [3.63, 3.8) is 0 Å². The van der Waals surface area contributed by atoms with Gasteiger partial charge in [-0.05, 0) is 33.9 Å². The summed E-state index contributed by atoms with van der Waals surface area (Å²) in [6.07, 6.45) is 0. The molecule has 0 atom stereocenters. The number of nitrogens with zero attached hydrogens (tertiary/aromatic N) is 2. The molecule has 0 radical (unpaired) electrons. The molecule has 0 fully saturated rings. The van der Waals surface area contributed by atoms with Gasteiger partial charge in [-0.25, -0.2) is 0 Å². The first kappa shape index (κ1) is 14.2. The molecule has 0 bridgehead atoms. The lowest BCUT2D eigenvalue weighted by molar-refractivity contribution is 0.313. The molecule has 0 aromatic heterocycles. The van der Waals surface area contributed by atoms with E-state index < -0.39 is 0 Å². The van der Waals surface area contributed by atoms with Crippen LogP contribution in [0, 0.1) is 0 Å². The van der Waals surface area contributed by atoms with Crippen LogP contribution in [0.15, 0.2) is 4.99 Å². The summed E-state index contributed by atoms with van der Waals surface area (Å²) in [6, 6.07) is 0. The molecule has 4 nitrogen and oxygen atoms in total. The van der Waals surface area contributed by atoms with Crippen LogP contribution < -0.4 is 11.1 Å². The maximum absolute atomic E-state index is 5.75. The molecule has 0 saturated carbocycles. The van der Waals surface area contributed by atoms with E-state index in [4.69, 9.17) is 5.73 Å². The molecule has 0 aliphatic heterocycles. The molecular formula is C11H26N4. The van der Waals surface area contributed by atoms with Gasteiger partial charge in [0, 0.05) is 12.1 Å². The Bertz CT molecular complexity index is 189. The van der Waals surface area contributed by atoms with Crippen molar-refractivity contribution in [2.24, 2.45) is 10.7 Å². The Labute approximate surface area is 93.9 Å². The molecule has 0 rings (SSSR count). The van der Waals surface area contributed by atoms with E-state index in [1.807, 2.05) is 0 Å².